The highest BCUT2D eigenvalue weighted by Crippen LogP contribution is 2.36. The molecule has 7 heteroatoms. The van der Waals surface area contributed by atoms with Crippen molar-refractivity contribution >= 4 is 17.5 Å². The molecule has 0 saturated carbocycles. The highest BCUT2D eigenvalue weighted by molar-refractivity contribution is 6.06. The molecule has 0 saturated heterocycles. The molecule has 0 atom stereocenters. The highest BCUT2D eigenvalue weighted by Gasteiger charge is 2.37. The summed E-state index contributed by atoms with van der Waals surface area (Å²) < 4.78 is 49.9. The zero-order valence-corrected chi connectivity index (χ0v) is 15.7. The molecule has 0 heterocycles. The van der Waals surface area contributed by atoms with Gasteiger partial charge in [0.25, 0.3) is 0 Å². The molecule has 1 aromatic carbocycles. The summed E-state index contributed by atoms with van der Waals surface area (Å²) in [5.74, 6) is -1.98. The zero-order valence-electron chi connectivity index (χ0n) is 15.7. The SMILES string of the molecule is C=C(c1cccc(C(=O)OC(C)(C)C)c1C(=O)OC(C)(C)C)C(F)(F)F. The monoisotopic (exact) mass is 372 g/mol. The maximum Gasteiger partial charge on any atom is 0.416 e. The number of halogens is 3. The highest BCUT2D eigenvalue weighted by atomic mass is 19.4. The van der Waals surface area contributed by atoms with Gasteiger partial charge in [-0.1, -0.05) is 18.7 Å². The van der Waals surface area contributed by atoms with Crippen LogP contribution in [0.5, 0.6) is 0 Å². The third-order valence-electron chi connectivity index (χ3n) is 2.95. The molecule has 0 spiro atoms. The van der Waals surface area contributed by atoms with Crippen molar-refractivity contribution in [1.82, 2.24) is 0 Å². The fourth-order valence-electron chi connectivity index (χ4n) is 2.01. The lowest BCUT2D eigenvalue weighted by Crippen LogP contribution is -2.29. The van der Waals surface area contributed by atoms with Crippen LogP contribution in [0, 0.1) is 0 Å². The van der Waals surface area contributed by atoms with Crippen LogP contribution >= 0.6 is 0 Å². The van der Waals surface area contributed by atoms with Crippen LogP contribution in [-0.2, 0) is 9.47 Å². The number of benzene rings is 1. The molecule has 1 rings (SSSR count). The first-order valence-corrected chi connectivity index (χ1v) is 7.89. The van der Waals surface area contributed by atoms with Gasteiger partial charge in [-0.15, -0.1) is 0 Å². The second-order valence-corrected chi connectivity index (χ2v) is 7.71. The zero-order chi connectivity index (χ0) is 20.5. The third kappa shape index (κ3) is 5.89. The number of carbonyl (C=O) groups excluding carboxylic acids is 2. The lowest BCUT2D eigenvalue weighted by atomic mass is 9.95. The summed E-state index contributed by atoms with van der Waals surface area (Å²) in [5, 5.41) is 0. The second kappa shape index (κ2) is 7.13. The molecule has 0 aliphatic carbocycles. The quantitative estimate of drug-likeness (QED) is 0.687. The van der Waals surface area contributed by atoms with Crippen LogP contribution in [0.2, 0.25) is 0 Å². The lowest BCUT2D eigenvalue weighted by molar-refractivity contribution is -0.0687. The van der Waals surface area contributed by atoms with E-state index in [1.807, 2.05) is 0 Å². The predicted molar refractivity (Wildman–Crippen MR) is 91.9 cm³/mol. The minimum atomic E-state index is -4.77. The maximum absolute atomic E-state index is 13.2. The van der Waals surface area contributed by atoms with Crippen molar-refractivity contribution in [2.45, 2.75) is 58.9 Å². The molecule has 1 aromatic rings. The Hall–Kier alpha value is -2.31. The molecule has 0 radical (unpaired) electrons. The Kier molecular flexibility index (Phi) is 5.96. The van der Waals surface area contributed by atoms with Crippen molar-refractivity contribution in [3.8, 4) is 0 Å². The van der Waals surface area contributed by atoms with Gasteiger partial charge >= 0.3 is 18.1 Å². The first-order valence-electron chi connectivity index (χ1n) is 7.89. The number of carbonyl (C=O) groups is 2. The van der Waals surface area contributed by atoms with Crippen LogP contribution in [0.1, 0.15) is 67.8 Å². The van der Waals surface area contributed by atoms with Crippen molar-refractivity contribution < 1.29 is 32.2 Å². The topological polar surface area (TPSA) is 52.6 Å². The lowest BCUT2D eigenvalue weighted by Gasteiger charge is -2.24. The Bertz CT molecular complexity index is 720. The molecule has 0 aliphatic rings. The van der Waals surface area contributed by atoms with Crippen LogP contribution in [0.15, 0.2) is 24.8 Å². The van der Waals surface area contributed by atoms with Gasteiger partial charge in [-0.25, -0.2) is 9.59 Å². The van der Waals surface area contributed by atoms with Crippen LogP contribution in [-0.4, -0.2) is 29.3 Å². The fourth-order valence-corrected chi connectivity index (χ4v) is 2.01. The van der Waals surface area contributed by atoms with Crippen LogP contribution in [0.25, 0.3) is 5.57 Å². The van der Waals surface area contributed by atoms with E-state index in [4.69, 9.17) is 9.47 Å². The van der Waals surface area contributed by atoms with E-state index in [2.05, 4.69) is 6.58 Å². The van der Waals surface area contributed by atoms with Gasteiger partial charge in [0.15, 0.2) is 0 Å². The number of hydrogen-bond donors (Lipinski definition) is 0. The van der Waals surface area contributed by atoms with Crippen LogP contribution < -0.4 is 0 Å². The molecule has 0 aromatic heterocycles. The number of allylic oxidation sites excluding steroid dienone is 1. The Morgan fingerprint density at radius 1 is 0.846 bits per heavy atom. The smallest absolute Gasteiger partial charge is 0.416 e. The van der Waals surface area contributed by atoms with Crippen LogP contribution in [0.3, 0.4) is 0 Å². The maximum atomic E-state index is 13.2. The largest absolute Gasteiger partial charge is 0.456 e. The summed E-state index contributed by atoms with van der Waals surface area (Å²) in [7, 11) is 0. The van der Waals surface area contributed by atoms with Gasteiger partial charge in [0, 0.05) is 5.56 Å². The Morgan fingerprint density at radius 3 is 1.69 bits per heavy atom. The Morgan fingerprint density at radius 2 is 1.27 bits per heavy atom. The molecule has 0 bridgehead atoms. The van der Waals surface area contributed by atoms with Crippen molar-refractivity contribution in [1.29, 1.82) is 0 Å². The molecule has 4 nitrogen and oxygen atoms in total. The van der Waals surface area contributed by atoms with E-state index in [9.17, 15) is 22.8 Å². The van der Waals surface area contributed by atoms with Crippen molar-refractivity contribution in [2.75, 3.05) is 0 Å². The van der Waals surface area contributed by atoms with Crippen molar-refractivity contribution in [3.63, 3.8) is 0 Å². The first-order chi connectivity index (χ1) is 11.5. The van der Waals surface area contributed by atoms with E-state index in [0.29, 0.717) is 0 Å². The summed E-state index contributed by atoms with van der Waals surface area (Å²) in [6, 6.07) is 3.53. The fraction of sp³-hybridized carbons (Fsp3) is 0.474. The summed E-state index contributed by atoms with van der Waals surface area (Å²) in [6.07, 6.45) is -4.77. The van der Waals surface area contributed by atoms with E-state index < -0.39 is 46.0 Å². The third-order valence-corrected chi connectivity index (χ3v) is 2.95. The number of alkyl halides is 3. The Labute approximate surface area is 151 Å². The molecular weight excluding hydrogens is 349 g/mol. The number of hydrogen-bond acceptors (Lipinski definition) is 4. The number of rotatable bonds is 3. The van der Waals surface area contributed by atoms with Crippen molar-refractivity contribution in [3.05, 3.63) is 41.5 Å². The van der Waals surface area contributed by atoms with Gasteiger partial charge in [0.1, 0.15) is 11.2 Å². The van der Waals surface area contributed by atoms with E-state index in [0.717, 1.165) is 6.07 Å². The van der Waals surface area contributed by atoms with Gasteiger partial charge in [-0.2, -0.15) is 13.2 Å². The van der Waals surface area contributed by atoms with E-state index in [1.165, 1.54) is 12.1 Å². The Balaban J connectivity index is 3.58. The average Bonchev–Trinajstić information content (AvgIpc) is 2.40. The molecule has 0 amide bonds. The number of esters is 2. The van der Waals surface area contributed by atoms with E-state index >= 15 is 0 Å². The summed E-state index contributed by atoms with van der Waals surface area (Å²) in [6.45, 7) is 12.6. The van der Waals surface area contributed by atoms with Crippen LogP contribution in [0.4, 0.5) is 13.2 Å². The summed E-state index contributed by atoms with van der Waals surface area (Å²) in [4.78, 5) is 25.0. The summed E-state index contributed by atoms with van der Waals surface area (Å²) >= 11 is 0. The van der Waals surface area contributed by atoms with Gasteiger partial charge in [0.05, 0.1) is 16.7 Å². The van der Waals surface area contributed by atoms with Gasteiger partial charge < -0.3 is 9.47 Å². The minimum absolute atomic E-state index is 0.308. The molecule has 0 fully saturated rings. The predicted octanol–water partition coefficient (Wildman–Crippen LogP) is 5.17. The summed E-state index contributed by atoms with van der Waals surface area (Å²) in [5.41, 5.74) is -4.44. The second-order valence-electron chi connectivity index (χ2n) is 7.71. The minimum Gasteiger partial charge on any atom is -0.456 e. The number of ether oxygens (including phenoxy) is 2. The standard InChI is InChI=1S/C19H23F3O4/c1-11(19(20,21)22)12-9-8-10-13(15(23)25-17(2,3)4)14(12)16(24)26-18(5,6)7/h8-10H,1H2,2-7H3. The van der Waals surface area contributed by atoms with Gasteiger partial charge in [-0.05, 0) is 47.6 Å². The molecular formula is C19H23F3O4. The molecule has 0 unspecified atom stereocenters. The van der Waals surface area contributed by atoms with Gasteiger partial charge in [0.2, 0.25) is 0 Å². The molecule has 0 N–H and O–H groups in total. The van der Waals surface area contributed by atoms with E-state index in [-0.39, 0.29) is 5.56 Å². The molecule has 144 valence electrons. The van der Waals surface area contributed by atoms with E-state index in [1.54, 1.807) is 41.5 Å². The average molecular weight is 372 g/mol. The molecule has 0 aliphatic heterocycles. The first kappa shape index (κ1) is 21.7. The molecule has 26 heavy (non-hydrogen) atoms. The normalized spacial score (nSPS) is 12.5. The van der Waals surface area contributed by atoms with Crippen molar-refractivity contribution in [2.24, 2.45) is 0 Å². The van der Waals surface area contributed by atoms with Gasteiger partial charge in [-0.3, -0.25) is 0 Å².